The zero-order chi connectivity index (χ0) is 20.1. The number of ether oxygens (including phenoxy) is 1. The van der Waals surface area contributed by atoms with Crippen molar-refractivity contribution in [2.45, 2.75) is 39.5 Å². The van der Waals surface area contributed by atoms with Crippen LogP contribution in [0, 0.1) is 12.8 Å². The molecule has 0 unspecified atom stereocenters. The smallest absolute Gasteiger partial charge is 0.260 e. The fourth-order valence-corrected chi connectivity index (χ4v) is 3.90. The van der Waals surface area contributed by atoms with Gasteiger partial charge >= 0.3 is 0 Å². The molecule has 28 heavy (non-hydrogen) atoms. The summed E-state index contributed by atoms with van der Waals surface area (Å²) in [4.78, 5) is 30.9. The van der Waals surface area contributed by atoms with E-state index in [2.05, 4.69) is 30.2 Å². The summed E-state index contributed by atoms with van der Waals surface area (Å²) < 4.78 is 5.69. The highest BCUT2D eigenvalue weighted by Crippen LogP contribution is 2.22. The van der Waals surface area contributed by atoms with E-state index in [4.69, 9.17) is 4.74 Å². The molecule has 2 aromatic rings. The monoisotopic (exact) mass is 401 g/mol. The first-order valence-corrected chi connectivity index (χ1v) is 10.5. The highest BCUT2D eigenvalue weighted by atomic mass is 32.1. The Balaban J connectivity index is 1.44. The molecule has 1 aromatic heterocycles. The van der Waals surface area contributed by atoms with Crippen LogP contribution in [-0.2, 0) is 9.59 Å². The lowest BCUT2D eigenvalue weighted by molar-refractivity contribution is -0.136. The summed E-state index contributed by atoms with van der Waals surface area (Å²) in [6, 6.07) is 7.86. The first kappa shape index (κ1) is 20.3. The number of rotatable bonds is 6. The van der Waals surface area contributed by atoms with Gasteiger partial charge in [0.1, 0.15) is 5.75 Å². The molecule has 0 atom stereocenters. The number of nitrogens with zero attached hydrogens (tertiary/aromatic N) is 2. The lowest BCUT2D eigenvalue weighted by Crippen LogP contribution is -2.43. The molecule has 150 valence electrons. The zero-order valence-electron chi connectivity index (χ0n) is 16.6. The predicted molar refractivity (Wildman–Crippen MR) is 111 cm³/mol. The molecule has 0 bridgehead atoms. The Morgan fingerprint density at radius 1 is 1.32 bits per heavy atom. The molecule has 0 saturated carbocycles. The molecule has 7 heteroatoms. The van der Waals surface area contributed by atoms with Crippen molar-refractivity contribution in [3.63, 3.8) is 0 Å². The van der Waals surface area contributed by atoms with Gasteiger partial charge in [-0.05, 0) is 43.4 Å². The second kappa shape index (κ2) is 9.19. The Labute approximate surface area is 169 Å². The second-order valence-corrected chi connectivity index (χ2v) is 8.31. The molecular weight excluding hydrogens is 374 g/mol. The van der Waals surface area contributed by atoms with E-state index in [1.165, 1.54) is 16.9 Å². The molecule has 3 rings (SSSR count). The van der Waals surface area contributed by atoms with Crippen molar-refractivity contribution >= 4 is 28.3 Å². The van der Waals surface area contributed by atoms with Gasteiger partial charge in [-0.25, -0.2) is 4.98 Å². The van der Waals surface area contributed by atoms with Gasteiger partial charge in [0, 0.05) is 24.4 Å². The van der Waals surface area contributed by atoms with Gasteiger partial charge in [-0.2, -0.15) is 0 Å². The number of anilines is 1. The summed E-state index contributed by atoms with van der Waals surface area (Å²) >= 11 is 1.43. The Bertz CT molecular complexity index is 826. The van der Waals surface area contributed by atoms with Gasteiger partial charge in [-0.3, -0.25) is 9.59 Å². The van der Waals surface area contributed by atoms with Crippen LogP contribution in [0.15, 0.2) is 29.6 Å². The van der Waals surface area contributed by atoms with Gasteiger partial charge in [0.25, 0.3) is 5.91 Å². The van der Waals surface area contributed by atoms with Crippen molar-refractivity contribution in [3.8, 4) is 5.75 Å². The minimum atomic E-state index is -0.0862. The van der Waals surface area contributed by atoms with Crippen molar-refractivity contribution in [2.24, 2.45) is 5.92 Å². The van der Waals surface area contributed by atoms with E-state index in [0.29, 0.717) is 42.7 Å². The maximum Gasteiger partial charge on any atom is 0.260 e. The molecule has 1 aliphatic heterocycles. The van der Waals surface area contributed by atoms with E-state index >= 15 is 0 Å². The van der Waals surface area contributed by atoms with Crippen molar-refractivity contribution in [3.05, 3.63) is 40.9 Å². The van der Waals surface area contributed by atoms with Gasteiger partial charge in [0.15, 0.2) is 11.7 Å². The average molecular weight is 402 g/mol. The molecule has 0 aliphatic carbocycles. The lowest BCUT2D eigenvalue weighted by atomic mass is 9.96. The summed E-state index contributed by atoms with van der Waals surface area (Å²) in [6.07, 6.45) is 1.32. The van der Waals surface area contributed by atoms with Crippen LogP contribution in [0.25, 0.3) is 0 Å². The van der Waals surface area contributed by atoms with Crippen molar-refractivity contribution in [2.75, 3.05) is 25.0 Å². The van der Waals surface area contributed by atoms with E-state index < -0.39 is 0 Å². The fraction of sp³-hybridized carbons (Fsp3) is 0.476. The number of thiazole rings is 1. The third kappa shape index (κ3) is 5.32. The van der Waals surface area contributed by atoms with E-state index in [1.807, 2.05) is 30.5 Å². The molecule has 1 fully saturated rings. The standard InChI is InChI=1S/C21H27N3O3S/c1-14(2)17-5-4-6-18(11-17)27-12-19(25)24-9-7-16(8-10-24)20(26)23-21-22-15(3)13-28-21/h4-6,11,13-14,16H,7-10,12H2,1-3H3,(H,22,23,26). The fourth-order valence-electron chi connectivity index (χ4n) is 3.21. The van der Waals surface area contributed by atoms with Crippen LogP contribution in [0.2, 0.25) is 0 Å². The minimum absolute atomic E-state index is 0.0109. The number of piperidine rings is 1. The van der Waals surface area contributed by atoms with Crippen LogP contribution in [0.3, 0.4) is 0 Å². The third-order valence-electron chi connectivity index (χ3n) is 4.95. The van der Waals surface area contributed by atoms with E-state index in [1.54, 1.807) is 4.90 Å². The molecule has 1 aliphatic rings. The van der Waals surface area contributed by atoms with Crippen LogP contribution in [0.4, 0.5) is 5.13 Å². The molecule has 1 aromatic carbocycles. The van der Waals surface area contributed by atoms with E-state index in [0.717, 1.165) is 5.69 Å². The van der Waals surface area contributed by atoms with E-state index in [-0.39, 0.29) is 24.3 Å². The summed E-state index contributed by atoms with van der Waals surface area (Å²) in [7, 11) is 0. The van der Waals surface area contributed by atoms with Crippen LogP contribution >= 0.6 is 11.3 Å². The van der Waals surface area contributed by atoms with Crippen LogP contribution in [0.5, 0.6) is 5.75 Å². The highest BCUT2D eigenvalue weighted by Gasteiger charge is 2.28. The van der Waals surface area contributed by atoms with Crippen molar-refractivity contribution < 1.29 is 14.3 Å². The first-order chi connectivity index (χ1) is 13.4. The SMILES string of the molecule is Cc1csc(NC(=O)C2CCN(C(=O)COc3cccc(C(C)C)c3)CC2)n1. The molecule has 0 spiro atoms. The molecule has 0 radical (unpaired) electrons. The molecule has 2 heterocycles. The van der Waals surface area contributed by atoms with Gasteiger partial charge in [-0.1, -0.05) is 26.0 Å². The zero-order valence-corrected chi connectivity index (χ0v) is 17.4. The van der Waals surface area contributed by atoms with Gasteiger partial charge in [-0.15, -0.1) is 11.3 Å². The number of carbonyl (C=O) groups is 2. The van der Waals surface area contributed by atoms with Crippen LogP contribution in [-0.4, -0.2) is 41.4 Å². The first-order valence-electron chi connectivity index (χ1n) is 9.66. The Morgan fingerprint density at radius 3 is 2.71 bits per heavy atom. The number of likely N-dealkylation sites (tertiary alicyclic amines) is 1. The minimum Gasteiger partial charge on any atom is -0.484 e. The summed E-state index contributed by atoms with van der Waals surface area (Å²) in [6.45, 7) is 7.32. The van der Waals surface area contributed by atoms with Crippen molar-refractivity contribution in [1.29, 1.82) is 0 Å². The maximum atomic E-state index is 12.5. The number of hydrogen-bond donors (Lipinski definition) is 1. The Morgan fingerprint density at radius 2 is 2.07 bits per heavy atom. The van der Waals surface area contributed by atoms with E-state index in [9.17, 15) is 9.59 Å². The van der Waals surface area contributed by atoms with Crippen LogP contribution < -0.4 is 10.1 Å². The summed E-state index contributed by atoms with van der Waals surface area (Å²) in [5.74, 6) is 0.995. The lowest BCUT2D eigenvalue weighted by Gasteiger charge is -2.31. The molecule has 2 amide bonds. The third-order valence-corrected chi connectivity index (χ3v) is 5.83. The Hall–Kier alpha value is -2.41. The number of nitrogens with one attached hydrogen (secondary N) is 1. The summed E-state index contributed by atoms with van der Waals surface area (Å²) in [5, 5.41) is 5.43. The van der Waals surface area contributed by atoms with Gasteiger partial charge in [0.2, 0.25) is 5.91 Å². The maximum absolute atomic E-state index is 12.5. The second-order valence-electron chi connectivity index (χ2n) is 7.45. The van der Waals surface area contributed by atoms with Crippen LogP contribution in [0.1, 0.15) is 43.9 Å². The van der Waals surface area contributed by atoms with Gasteiger partial charge in [0.05, 0.1) is 5.69 Å². The molecular formula is C21H27N3O3S. The predicted octanol–water partition coefficient (Wildman–Crippen LogP) is 3.83. The quantitative estimate of drug-likeness (QED) is 0.798. The molecule has 1 N–H and O–H groups in total. The highest BCUT2D eigenvalue weighted by molar-refractivity contribution is 7.13. The van der Waals surface area contributed by atoms with Gasteiger partial charge < -0.3 is 15.0 Å². The molecule has 6 nitrogen and oxygen atoms in total. The average Bonchev–Trinajstić information content (AvgIpc) is 3.11. The number of carbonyl (C=O) groups excluding carboxylic acids is 2. The number of amides is 2. The normalized spacial score (nSPS) is 14.9. The topological polar surface area (TPSA) is 71.5 Å². The number of benzene rings is 1. The molecule has 1 saturated heterocycles. The summed E-state index contributed by atoms with van der Waals surface area (Å²) in [5.41, 5.74) is 2.09. The number of aryl methyl sites for hydroxylation is 1. The number of hydrogen-bond acceptors (Lipinski definition) is 5. The largest absolute Gasteiger partial charge is 0.484 e. The Kier molecular flexibility index (Phi) is 6.67. The van der Waals surface area contributed by atoms with Crippen molar-refractivity contribution in [1.82, 2.24) is 9.88 Å². The number of aromatic nitrogens is 1.